The minimum Gasteiger partial charge on any atom is -0.369 e. The molecule has 2 aliphatic rings. The third kappa shape index (κ3) is 2.98. The zero-order chi connectivity index (χ0) is 15.7. The summed E-state index contributed by atoms with van der Waals surface area (Å²) in [5.74, 6) is -0.408. The van der Waals surface area contributed by atoms with Gasteiger partial charge in [-0.2, -0.15) is 0 Å². The summed E-state index contributed by atoms with van der Waals surface area (Å²) in [6, 6.07) is 8.64. The average Bonchev–Trinajstić information content (AvgIpc) is 2.90. The van der Waals surface area contributed by atoms with Gasteiger partial charge in [-0.15, -0.1) is 0 Å². The molecule has 0 aliphatic carbocycles. The molecule has 2 aliphatic heterocycles. The molecule has 0 radical (unpaired) electrons. The molecule has 0 bridgehead atoms. The van der Waals surface area contributed by atoms with Gasteiger partial charge in [-0.3, -0.25) is 9.59 Å². The van der Waals surface area contributed by atoms with Crippen LogP contribution in [0, 0.1) is 5.92 Å². The first kappa shape index (κ1) is 15.3. The monoisotopic (exact) mass is 320 g/mol. The van der Waals surface area contributed by atoms with Crippen LogP contribution in [0.1, 0.15) is 32.6 Å². The largest absolute Gasteiger partial charge is 0.369 e. The van der Waals surface area contributed by atoms with Crippen molar-refractivity contribution in [1.82, 2.24) is 0 Å². The maximum absolute atomic E-state index is 12.0. The highest BCUT2D eigenvalue weighted by Crippen LogP contribution is 2.30. The van der Waals surface area contributed by atoms with Crippen molar-refractivity contribution in [3.63, 3.8) is 0 Å². The van der Waals surface area contributed by atoms with Crippen molar-refractivity contribution in [1.29, 1.82) is 0 Å². The third-order valence-corrected chi connectivity index (χ3v) is 5.05. The van der Waals surface area contributed by atoms with E-state index in [1.807, 2.05) is 12.1 Å². The maximum Gasteiger partial charge on any atom is 0.227 e. The Labute approximate surface area is 136 Å². The van der Waals surface area contributed by atoms with Crippen LogP contribution in [0.3, 0.4) is 0 Å². The van der Waals surface area contributed by atoms with Gasteiger partial charge in [-0.25, -0.2) is 0 Å². The van der Waals surface area contributed by atoms with Crippen LogP contribution >= 0.6 is 11.6 Å². The van der Waals surface area contributed by atoms with Crippen LogP contribution in [0.15, 0.2) is 24.3 Å². The lowest BCUT2D eigenvalue weighted by Gasteiger charge is -2.35. The van der Waals surface area contributed by atoms with E-state index in [9.17, 15) is 9.59 Å². The zero-order valence-corrected chi connectivity index (χ0v) is 13.6. The molecule has 1 aromatic carbocycles. The molecule has 2 atom stereocenters. The fraction of sp³-hybridized carbons (Fsp3) is 0.529. The molecule has 1 amide bonds. The van der Waals surface area contributed by atoms with Crippen molar-refractivity contribution in [2.24, 2.45) is 5.92 Å². The molecule has 2 saturated heterocycles. The normalized spacial score (nSPS) is 25.6. The molecule has 2 fully saturated rings. The molecule has 0 aromatic heterocycles. The minimum atomic E-state index is -0.422. The molecule has 118 valence electrons. The summed E-state index contributed by atoms with van der Waals surface area (Å²) >= 11 is 5.52. The Balaban J connectivity index is 1.74. The van der Waals surface area contributed by atoms with E-state index in [-0.39, 0.29) is 18.2 Å². The highest BCUT2D eigenvalue weighted by molar-refractivity contribution is 6.64. The number of carbonyl (C=O) groups is 2. The molecular weight excluding hydrogens is 300 g/mol. The summed E-state index contributed by atoms with van der Waals surface area (Å²) < 4.78 is 0. The number of halogens is 1. The predicted molar refractivity (Wildman–Crippen MR) is 88.4 cm³/mol. The molecule has 3 rings (SSSR count). The zero-order valence-electron chi connectivity index (χ0n) is 12.8. The molecule has 0 N–H and O–H groups in total. The van der Waals surface area contributed by atoms with Crippen LogP contribution in [0.5, 0.6) is 0 Å². The van der Waals surface area contributed by atoms with E-state index in [1.54, 1.807) is 4.90 Å². The van der Waals surface area contributed by atoms with E-state index in [2.05, 4.69) is 24.0 Å². The lowest BCUT2D eigenvalue weighted by Crippen LogP contribution is -2.37. The molecule has 4 nitrogen and oxygen atoms in total. The van der Waals surface area contributed by atoms with Crippen LogP contribution in [0.2, 0.25) is 0 Å². The Hall–Kier alpha value is -1.55. The van der Waals surface area contributed by atoms with Gasteiger partial charge in [0.05, 0.1) is 5.92 Å². The number of benzene rings is 1. The van der Waals surface area contributed by atoms with Gasteiger partial charge in [-0.1, -0.05) is 0 Å². The van der Waals surface area contributed by atoms with E-state index in [1.165, 1.54) is 24.9 Å². The Morgan fingerprint density at radius 1 is 1.18 bits per heavy atom. The van der Waals surface area contributed by atoms with Gasteiger partial charge in [0, 0.05) is 36.9 Å². The Morgan fingerprint density at radius 3 is 2.45 bits per heavy atom. The molecule has 2 heterocycles. The average molecular weight is 321 g/mol. The highest BCUT2D eigenvalue weighted by Gasteiger charge is 2.34. The Kier molecular flexibility index (Phi) is 4.39. The van der Waals surface area contributed by atoms with Gasteiger partial charge in [-0.05, 0) is 62.1 Å². The number of piperidine rings is 1. The summed E-state index contributed by atoms with van der Waals surface area (Å²) in [6.45, 7) is 3.74. The first-order valence-electron chi connectivity index (χ1n) is 7.92. The molecular formula is C17H21ClN2O2. The van der Waals surface area contributed by atoms with Crippen molar-refractivity contribution in [2.45, 2.75) is 38.6 Å². The summed E-state index contributed by atoms with van der Waals surface area (Å²) in [4.78, 5) is 27.4. The number of rotatable bonds is 3. The first-order chi connectivity index (χ1) is 10.6. The number of amides is 1. The summed E-state index contributed by atoms with van der Waals surface area (Å²) in [5, 5.41) is -0.422. The molecule has 0 spiro atoms. The Morgan fingerprint density at radius 2 is 1.86 bits per heavy atom. The lowest BCUT2D eigenvalue weighted by atomic mass is 10.0. The first-order valence-corrected chi connectivity index (χ1v) is 8.30. The van der Waals surface area contributed by atoms with E-state index in [0.29, 0.717) is 12.6 Å². The van der Waals surface area contributed by atoms with Crippen LogP contribution in [-0.4, -0.2) is 30.3 Å². The second-order valence-electron chi connectivity index (χ2n) is 6.26. The number of carbonyl (C=O) groups excluding carboxylic acids is 2. The summed E-state index contributed by atoms with van der Waals surface area (Å²) in [7, 11) is 0. The van der Waals surface area contributed by atoms with E-state index in [0.717, 1.165) is 12.2 Å². The maximum atomic E-state index is 12.0. The number of nitrogens with zero attached hydrogens (tertiary/aromatic N) is 2. The lowest BCUT2D eigenvalue weighted by molar-refractivity contribution is -0.120. The van der Waals surface area contributed by atoms with E-state index < -0.39 is 5.24 Å². The highest BCUT2D eigenvalue weighted by atomic mass is 35.5. The quantitative estimate of drug-likeness (QED) is 0.803. The standard InChI is InChI=1S/C17H21ClN2O2/c1-12-4-2-3-9-19(12)14-5-7-15(8-6-14)20-11-13(17(18)22)10-16(20)21/h5-8,12-13H,2-4,9-11H2,1H3/t12-,13+/m0/s1. The fourth-order valence-electron chi connectivity index (χ4n) is 3.41. The fourth-order valence-corrected chi connectivity index (χ4v) is 3.56. The molecule has 22 heavy (non-hydrogen) atoms. The predicted octanol–water partition coefficient (Wildman–Crippen LogP) is 3.18. The summed E-state index contributed by atoms with van der Waals surface area (Å²) in [6.07, 6.45) is 3.97. The molecule has 0 unspecified atom stereocenters. The summed E-state index contributed by atoms with van der Waals surface area (Å²) in [5.41, 5.74) is 2.05. The number of hydrogen-bond donors (Lipinski definition) is 0. The second-order valence-corrected chi connectivity index (χ2v) is 6.64. The van der Waals surface area contributed by atoms with Gasteiger partial charge in [0.25, 0.3) is 0 Å². The van der Waals surface area contributed by atoms with Crippen molar-refractivity contribution in [3.05, 3.63) is 24.3 Å². The Bertz CT molecular complexity index is 573. The van der Waals surface area contributed by atoms with Crippen molar-refractivity contribution in [2.75, 3.05) is 22.9 Å². The van der Waals surface area contributed by atoms with Gasteiger partial charge in [0.2, 0.25) is 11.1 Å². The van der Waals surface area contributed by atoms with Gasteiger partial charge in [0.15, 0.2) is 0 Å². The van der Waals surface area contributed by atoms with E-state index >= 15 is 0 Å². The van der Waals surface area contributed by atoms with Gasteiger partial charge < -0.3 is 9.80 Å². The number of hydrogen-bond acceptors (Lipinski definition) is 3. The van der Waals surface area contributed by atoms with E-state index in [4.69, 9.17) is 11.6 Å². The van der Waals surface area contributed by atoms with Crippen LogP contribution in [0.4, 0.5) is 11.4 Å². The second kappa shape index (κ2) is 6.29. The van der Waals surface area contributed by atoms with Crippen molar-refractivity contribution >= 4 is 34.1 Å². The SMILES string of the molecule is C[C@H]1CCCCN1c1ccc(N2C[C@H](C(=O)Cl)CC2=O)cc1. The van der Waals surface area contributed by atoms with Crippen LogP contribution in [0.25, 0.3) is 0 Å². The third-order valence-electron chi connectivity index (χ3n) is 4.74. The topological polar surface area (TPSA) is 40.6 Å². The van der Waals surface area contributed by atoms with Gasteiger partial charge in [0.1, 0.15) is 0 Å². The van der Waals surface area contributed by atoms with Gasteiger partial charge >= 0.3 is 0 Å². The van der Waals surface area contributed by atoms with Crippen LogP contribution in [-0.2, 0) is 9.59 Å². The van der Waals surface area contributed by atoms with Crippen LogP contribution < -0.4 is 9.80 Å². The molecule has 5 heteroatoms. The van der Waals surface area contributed by atoms with Crippen molar-refractivity contribution < 1.29 is 9.59 Å². The number of anilines is 2. The molecule has 1 aromatic rings. The van der Waals surface area contributed by atoms with Crippen molar-refractivity contribution in [3.8, 4) is 0 Å². The minimum absolute atomic E-state index is 0.0295. The smallest absolute Gasteiger partial charge is 0.227 e. The molecule has 0 saturated carbocycles.